The molecule has 1 aromatic heterocycles. The van der Waals surface area contributed by atoms with E-state index in [-0.39, 0.29) is 5.84 Å². The number of ether oxygens (including phenoxy) is 2. The van der Waals surface area contributed by atoms with Crippen LogP contribution in [-0.2, 0) is 0 Å². The normalized spacial score (nSPS) is 11.7. The first-order valence-electron chi connectivity index (χ1n) is 13.7. The third kappa shape index (κ3) is 8.38. The Kier molecular flexibility index (Phi) is 11.7. The molecular weight excluding hydrogens is 496 g/mol. The molecule has 0 unspecified atom stereocenters. The first-order valence-corrected chi connectivity index (χ1v) is 14.5. The number of aromatic nitrogens is 1. The van der Waals surface area contributed by atoms with Crippen molar-refractivity contribution < 1.29 is 14.7 Å². The summed E-state index contributed by atoms with van der Waals surface area (Å²) >= 11 is 1.83. The molecule has 2 aromatic carbocycles. The van der Waals surface area contributed by atoms with Gasteiger partial charge < -0.3 is 25.3 Å². The van der Waals surface area contributed by atoms with Crippen LogP contribution in [0.3, 0.4) is 0 Å². The van der Waals surface area contributed by atoms with Crippen LogP contribution in [0.5, 0.6) is 11.5 Å². The average molecular weight is 539 g/mol. The predicted molar refractivity (Wildman–Crippen MR) is 158 cm³/mol. The molecule has 0 bridgehead atoms. The van der Waals surface area contributed by atoms with Crippen molar-refractivity contribution >= 4 is 22.3 Å². The van der Waals surface area contributed by atoms with Crippen LogP contribution in [-0.4, -0.2) is 42.3 Å². The number of rotatable bonds is 16. The van der Waals surface area contributed by atoms with Gasteiger partial charge >= 0.3 is 0 Å². The van der Waals surface area contributed by atoms with E-state index >= 15 is 0 Å². The van der Waals surface area contributed by atoms with Crippen molar-refractivity contribution in [2.24, 2.45) is 10.9 Å². The lowest BCUT2D eigenvalue weighted by Crippen LogP contribution is -2.24. The van der Waals surface area contributed by atoms with Crippen LogP contribution in [0.4, 0.5) is 5.13 Å². The van der Waals surface area contributed by atoms with Crippen LogP contribution in [0.15, 0.2) is 53.7 Å². The van der Waals surface area contributed by atoms with Gasteiger partial charge in [-0.25, -0.2) is 4.98 Å². The molecule has 3 rings (SSSR count). The monoisotopic (exact) mass is 538 g/mol. The van der Waals surface area contributed by atoms with Crippen LogP contribution in [0.2, 0.25) is 0 Å². The molecule has 7 nitrogen and oxygen atoms in total. The summed E-state index contributed by atoms with van der Waals surface area (Å²) in [5.74, 6) is 2.17. The molecule has 0 atom stereocenters. The van der Waals surface area contributed by atoms with Crippen molar-refractivity contribution in [2.75, 3.05) is 31.2 Å². The smallest absolute Gasteiger partial charge is 0.186 e. The SMILES string of the molecule is CCCN(CCC)c1nc(-c2ccc(OCCCCCOc3ccc(/C(N)=N/O)cc3)cc2)c(C(C)C)s1. The van der Waals surface area contributed by atoms with Gasteiger partial charge in [0.25, 0.3) is 0 Å². The fourth-order valence-corrected chi connectivity index (χ4v) is 5.29. The van der Waals surface area contributed by atoms with Gasteiger partial charge in [-0.2, -0.15) is 0 Å². The first kappa shape index (κ1) is 29.3. The van der Waals surface area contributed by atoms with Gasteiger partial charge in [-0.3, -0.25) is 0 Å². The summed E-state index contributed by atoms with van der Waals surface area (Å²) in [4.78, 5) is 8.84. The van der Waals surface area contributed by atoms with E-state index in [4.69, 9.17) is 25.4 Å². The predicted octanol–water partition coefficient (Wildman–Crippen LogP) is 7.28. The first-order chi connectivity index (χ1) is 18.5. The summed E-state index contributed by atoms with van der Waals surface area (Å²) in [7, 11) is 0. The van der Waals surface area contributed by atoms with E-state index in [2.05, 4.69) is 62.0 Å². The lowest BCUT2D eigenvalue weighted by atomic mass is 10.1. The van der Waals surface area contributed by atoms with Crippen molar-refractivity contribution in [3.63, 3.8) is 0 Å². The molecule has 0 fully saturated rings. The standard InChI is InChI=1S/C30H42N4O3S/c1-5-18-34(19-6-2)30-32-27(28(38-30)22(3)4)23-10-14-25(15-11-23)36-20-8-7-9-21-37-26-16-12-24(13-17-26)29(31)33-35/h10-17,22,35H,5-9,18-21H2,1-4H3,(H2,31,33). The van der Waals surface area contributed by atoms with Crippen LogP contribution in [0.1, 0.15) is 76.2 Å². The molecule has 1 heterocycles. The maximum atomic E-state index is 8.73. The van der Waals surface area contributed by atoms with Gasteiger partial charge in [0.05, 0.1) is 18.9 Å². The van der Waals surface area contributed by atoms with Gasteiger partial charge in [0.15, 0.2) is 11.0 Å². The highest BCUT2D eigenvalue weighted by atomic mass is 32.1. The Morgan fingerprint density at radius 2 is 1.47 bits per heavy atom. The third-order valence-electron chi connectivity index (χ3n) is 6.14. The summed E-state index contributed by atoms with van der Waals surface area (Å²) in [5, 5.41) is 12.9. The number of oxime groups is 1. The summed E-state index contributed by atoms with van der Waals surface area (Å²) in [6.45, 7) is 12.3. The minimum atomic E-state index is 0.0879. The highest BCUT2D eigenvalue weighted by Crippen LogP contribution is 2.38. The molecule has 0 aliphatic rings. The largest absolute Gasteiger partial charge is 0.494 e. The molecule has 0 radical (unpaired) electrons. The Bertz CT molecular complexity index is 1120. The molecule has 0 spiro atoms. The minimum Gasteiger partial charge on any atom is -0.494 e. The second kappa shape index (κ2) is 15.2. The highest BCUT2D eigenvalue weighted by molar-refractivity contribution is 7.16. The third-order valence-corrected chi connectivity index (χ3v) is 7.55. The molecule has 3 N–H and O–H groups in total. The molecule has 8 heteroatoms. The van der Waals surface area contributed by atoms with Gasteiger partial charge in [-0.1, -0.05) is 32.9 Å². The second-order valence-corrected chi connectivity index (χ2v) is 10.7. The van der Waals surface area contributed by atoms with E-state index in [9.17, 15) is 0 Å². The Hall–Kier alpha value is -3.26. The molecule has 0 saturated carbocycles. The number of amidine groups is 1. The summed E-state index contributed by atoms with van der Waals surface area (Å²) in [5.41, 5.74) is 8.48. The molecular formula is C30H42N4O3S. The average Bonchev–Trinajstić information content (AvgIpc) is 3.38. The highest BCUT2D eigenvalue weighted by Gasteiger charge is 2.19. The van der Waals surface area contributed by atoms with Crippen molar-refractivity contribution in [1.82, 2.24) is 4.98 Å². The second-order valence-electron chi connectivity index (χ2n) is 9.64. The number of unbranched alkanes of at least 4 members (excludes halogenated alkanes) is 2. The van der Waals surface area contributed by atoms with E-state index in [1.807, 2.05) is 23.5 Å². The van der Waals surface area contributed by atoms with Gasteiger partial charge in [0.1, 0.15) is 11.5 Å². The van der Waals surface area contributed by atoms with Crippen LogP contribution in [0, 0.1) is 0 Å². The number of hydrogen-bond donors (Lipinski definition) is 2. The maximum Gasteiger partial charge on any atom is 0.186 e. The van der Waals surface area contributed by atoms with E-state index in [0.29, 0.717) is 24.7 Å². The van der Waals surface area contributed by atoms with Gasteiger partial charge in [-0.15, -0.1) is 11.3 Å². The van der Waals surface area contributed by atoms with Gasteiger partial charge in [0.2, 0.25) is 0 Å². The molecule has 206 valence electrons. The molecule has 0 aliphatic heterocycles. The van der Waals surface area contributed by atoms with Crippen molar-refractivity contribution in [3.8, 4) is 22.8 Å². The quantitative estimate of drug-likeness (QED) is 0.0654. The minimum absolute atomic E-state index is 0.0879. The van der Waals surface area contributed by atoms with Crippen molar-refractivity contribution in [2.45, 2.75) is 65.7 Å². The van der Waals surface area contributed by atoms with Crippen LogP contribution in [0.25, 0.3) is 11.3 Å². The number of hydrogen-bond acceptors (Lipinski definition) is 7. The van der Waals surface area contributed by atoms with Crippen molar-refractivity contribution in [3.05, 3.63) is 59.0 Å². The number of nitrogens with zero attached hydrogens (tertiary/aromatic N) is 3. The molecule has 38 heavy (non-hydrogen) atoms. The zero-order valence-corrected chi connectivity index (χ0v) is 24.0. The zero-order chi connectivity index (χ0) is 27.3. The number of anilines is 1. The topological polar surface area (TPSA) is 93.2 Å². The Labute approximate surface area is 231 Å². The van der Waals surface area contributed by atoms with E-state index in [1.165, 1.54) is 4.88 Å². The molecule has 0 aliphatic carbocycles. The van der Waals surface area contributed by atoms with E-state index < -0.39 is 0 Å². The summed E-state index contributed by atoms with van der Waals surface area (Å²) in [6, 6.07) is 15.5. The Morgan fingerprint density at radius 3 is 1.97 bits per heavy atom. The summed E-state index contributed by atoms with van der Waals surface area (Å²) < 4.78 is 11.8. The maximum absolute atomic E-state index is 8.73. The fourth-order valence-electron chi connectivity index (χ4n) is 4.15. The zero-order valence-electron chi connectivity index (χ0n) is 23.2. The fraction of sp³-hybridized carbons (Fsp3) is 0.467. The lowest BCUT2D eigenvalue weighted by Gasteiger charge is -2.20. The van der Waals surface area contributed by atoms with Crippen LogP contribution < -0.4 is 20.1 Å². The molecule has 3 aromatic rings. The molecule has 0 amide bonds. The molecule has 0 saturated heterocycles. The number of nitrogens with two attached hydrogens (primary N) is 1. The van der Waals surface area contributed by atoms with Gasteiger partial charge in [0, 0.05) is 29.1 Å². The van der Waals surface area contributed by atoms with Crippen LogP contribution >= 0.6 is 11.3 Å². The van der Waals surface area contributed by atoms with Crippen molar-refractivity contribution in [1.29, 1.82) is 0 Å². The van der Waals surface area contributed by atoms with Gasteiger partial charge in [-0.05, 0) is 86.6 Å². The Morgan fingerprint density at radius 1 is 0.921 bits per heavy atom. The summed E-state index contributed by atoms with van der Waals surface area (Å²) in [6.07, 6.45) is 5.17. The number of benzene rings is 2. The van der Waals surface area contributed by atoms with E-state index in [1.54, 1.807) is 12.1 Å². The lowest BCUT2D eigenvalue weighted by molar-refractivity contribution is 0.279. The Balaban J connectivity index is 1.45. The van der Waals surface area contributed by atoms with E-state index in [0.717, 1.165) is 73.1 Å². The number of thiazole rings is 1.